The van der Waals surface area contributed by atoms with Crippen LogP contribution in [0.4, 0.5) is 13.2 Å². The molecule has 16 heteroatoms. The summed E-state index contributed by atoms with van der Waals surface area (Å²) in [6.45, 7) is 2.55. The lowest BCUT2D eigenvalue weighted by molar-refractivity contribution is -0.143. The van der Waals surface area contributed by atoms with Crippen molar-refractivity contribution in [3.05, 3.63) is 77.9 Å². The van der Waals surface area contributed by atoms with E-state index in [0.29, 0.717) is 30.6 Å². The van der Waals surface area contributed by atoms with Gasteiger partial charge in [-0.25, -0.2) is 13.4 Å². The predicted octanol–water partition coefficient (Wildman–Crippen LogP) is 4.17. The average Bonchev–Trinajstić information content (AvgIpc) is 3.74. The van der Waals surface area contributed by atoms with Crippen LogP contribution < -0.4 is 5.32 Å². The minimum absolute atomic E-state index is 0.0143. The van der Waals surface area contributed by atoms with Crippen molar-refractivity contribution in [1.29, 1.82) is 0 Å². The molecule has 3 atom stereocenters. The number of fused-ring (bicyclic) bond motifs is 1. The highest BCUT2D eigenvalue weighted by Crippen LogP contribution is 2.33. The Labute approximate surface area is 276 Å². The summed E-state index contributed by atoms with van der Waals surface area (Å²) in [5.41, 5.74) is 2.22. The number of alkyl halides is 3. The van der Waals surface area contributed by atoms with Crippen LogP contribution >= 0.6 is 0 Å². The molecular formula is C32H34F3N5O6S2. The number of aromatic nitrogens is 4. The molecule has 2 aromatic heterocycles. The highest BCUT2D eigenvalue weighted by Gasteiger charge is 2.41. The normalized spacial score (nSPS) is 19.9. The smallest absolute Gasteiger partial charge is 0.353 e. The minimum atomic E-state index is -4.51. The van der Waals surface area contributed by atoms with Crippen LogP contribution in [0.25, 0.3) is 22.5 Å². The van der Waals surface area contributed by atoms with Crippen LogP contribution in [0.3, 0.4) is 0 Å². The zero-order valence-corrected chi connectivity index (χ0v) is 27.8. The molecule has 256 valence electrons. The maximum absolute atomic E-state index is 13.4. The molecule has 6 rings (SSSR count). The first-order chi connectivity index (χ1) is 22.6. The van der Waals surface area contributed by atoms with E-state index < -0.39 is 49.8 Å². The Balaban J connectivity index is 1.11. The van der Waals surface area contributed by atoms with Gasteiger partial charge >= 0.3 is 6.18 Å². The Kier molecular flexibility index (Phi) is 9.02. The van der Waals surface area contributed by atoms with Crippen molar-refractivity contribution in [3.63, 3.8) is 0 Å². The van der Waals surface area contributed by atoms with E-state index in [9.17, 15) is 34.8 Å². The van der Waals surface area contributed by atoms with Crippen molar-refractivity contribution in [2.75, 3.05) is 18.1 Å². The number of imidazole rings is 1. The molecule has 1 fully saturated rings. The summed E-state index contributed by atoms with van der Waals surface area (Å²) in [5, 5.41) is 6.81. The van der Waals surface area contributed by atoms with Crippen molar-refractivity contribution < 1.29 is 39.0 Å². The molecule has 0 saturated carbocycles. The second-order valence-electron chi connectivity index (χ2n) is 12.4. The lowest BCUT2D eigenvalue weighted by atomic mass is 9.98. The third-order valence-corrected chi connectivity index (χ3v) is 11.9. The summed E-state index contributed by atoms with van der Waals surface area (Å²) in [5.74, 6) is -1.14. The fourth-order valence-corrected chi connectivity index (χ4v) is 9.07. The summed E-state index contributed by atoms with van der Waals surface area (Å²) in [7, 11) is -6.52. The van der Waals surface area contributed by atoms with Crippen molar-refractivity contribution >= 4 is 25.9 Å². The molecule has 2 aliphatic rings. The zero-order chi connectivity index (χ0) is 34.4. The summed E-state index contributed by atoms with van der Waals surface area (Å²) in [6, 6.07) is 13.9. The molecule has 2 aliphatic heterocycles. The maximum Gasteiger partial charge on any atom is 0.433 e. The first-order valence-electron chi connectivity index (χ1n) is 15.3. The third kappa shape index (κ3) is 7.34. The molecule has 2 aromatic carbocycles. The Bertz CT molecular complexity index is 2040. The third-order valence-electron chi connectivity index (χ3n) is 8.80. The van der Waals surface area contributed by atoms with Crippen LogP contribution in [0, 0.1) is 18.8 Å². The molecule has 1 amide bonds. The molecule has 0 bridgehead atoms. The van der Waals surface area contributed by atoms with Gasteiger partial charge in [0.2, 0.25) is 0 Å². The zero-order valence-electron chi connectivity index (χ0n) is 26.1. The van der Waals surface area contributed by atoms with E-state index in [2.05, 4.69) is 10.4 Å². The van der Waals surface area contributed by atoms with E-state index in [1.807, 2.05) is 10.8 Å². The number of halogens is 3. The molecule has 1 saturated heterocycles. The van der Waals surface area contributed by atoms with E-state index in [4.69, 9.17) is 9.17 Å². The van der Waals surface area contributed by atoms with Crippen LogP contribution in [0.2, 0.25) is 0 Å². The number of carbonyl (C=O) groups excluding carboxylic acids is 1. The molecule has 4 aromatic rings. The maximum atomic E-state index is 13.4. The molecular weight excluding hydrogens is 672 g/mol. The Morgan fingerprint density at radius 2 is 1.73 bits per heavy atom. The molecule has 4 heterocycles. The van der Waals surface area contributed by atoms with Gasteiger partial charge in [0, 0.05) is 49.8 Å². The van der Waals surface area contributed by atoms with Gasteiger partial charge in [0.05, 0.1) is 27.8 Å². The second kappa shape index (κ2) is 12.8. The minimum Gasteiger partial charge on any atom is -0.353 e. The first-order valence-corrected chi connectivity index (χ1v) is 18.6. The van der Waals surface area contributed by atoms with Gasteiger partial charge in [-0.3, -0.25) is 13.7 Å². The molecule has 0 spiro atoms. The summed E-state index contributed by atoms with van der Waals surface area (Å²) in [6.07, 6.45) is -2.69. The van der Waals surface area contributed by atoms with Crippen LogP contribution in [0.5, 0.6) is 0 Å². The molecule has 3 unspecified atom stereocenters. The number of carbonyl (C=O) groups is 1. The number of nitrogens with one attached hydrogen (secondary N) is 1. The van der Waals surface area contributed by atoms with Crippen molar-refractivity contribution in [2.24, 2.45) is 18.9 Å². The SMILES string of the molecule is Cc1ccc(S(=O)(=O)OC(C(=O)NCC2CCc3nc(-c4ccc(-c5cc(C(F)(F)F)n(C)n5)cc4)cn3C2)C2CCS(=O)(=O)C2)cc1. The molecule has 48 heavy (non-hydrogen) atoms. The van der Waals surface area contributed by atoms with Gasteiger partial charge in [0.1, 0.15) is 11.5 Å². The summed E-state index contributed by atoms with van der Waals surface area (Å²) in [4.78, 5) is 18.0. The van der Waals surface area contributed by atoms with E-state index in [1.54, 1.807) is 43.3 Å². The lowest BCUT2D eigenvalue weighted by Gasteiger charge is -2.26. The molecule has 0 aliphatic carbocycles. The Morgan fingerprint density at radius 1 is 1.06 bits per heavy atom. The topological polar surface area (TPSA) is 142 Å². The highest BCUT2D eigenvalue weighted by molar-refractivity contribution is 7.91. The number of hydrogen-bond acceptors (Lipinski definition) is 8. The van der Waals surface area contributed by atoms with Gasteiger partial charge in [-0.2, -0.15) is 26.7 Å². The number of aryl methyl sites for hydroxylation is 3. The second-order valence-corrected chi connectivity index (χ2v) is 16.2. The summed E-state index contributed by atoms with van der Waals surface area (Å²) >= 11 is 0. The fraction of sp³-hybridized carbons (Fsp3) is 0.406. The average molecular weight is 706 g/mol. The van der Waals surface area contributed by atoms with E-state index >= 15 is 0 Å². The fourth-order valence-electron chi connectivity index (χ4n) is 6.15. The molecule has 0 radical (unpaired) electrons. The number of hydrogen-bond donors (Lipinski definition) is 1. The van der Waals surface area contributed by atoms with Crippen LogP contribution in [0.15, 0.2) is 65.7 Å². The van der Waals surface area contributed by atoms with Crippen molar-refractivity contribution in [3.8, 4) is 22.5 Å². The first kappa shape index (κ1) is 33.9. The standard InChI is InChI=1S/C32H34F3N5O6S2/c1-20-3-10-25(11-4-20)48(44,45)46-30(24-13-14-47(42,43)19-24)31(41)36-16-21-5-12-29-37-27(18-40(29)17-21)23-8-6-22(7-9-23)26-15-28(32(33,34)35)39(2)38-26/h3-4,6-11,15,18,21,24,30H,5,12-14,16-17,19H2,1-2H3,(H,36,41). The lowest BCUT2D eigenvalue weighted by Crippen LogP contribution is -2.45. The molecule has 11 nitrogen and oxygen atoms in total. The van der Waals surface area contributed by atoms with E-state index in [1.165, 1.54) is 19.2 Å². The van der Waals surface area contributed by atoms with Crippen LogP contribution in [0.1, 0.15) is 29.9 Å². The van der Waals surface area contributed by atoms with Crippen LogP contribution in [-0.2, 0) is 55.1 Å². The van der Waals surface area contributed by atoms with Gasteiger partial charge in [-0.1, -0.05) is 42.0 Å². The Hall–Kier alpha value is -4.02. The van der Waals surface area contributed by atoms with Gasteiger partial charge in [0.15, 0.2) is 15.9 Å². The van der Waals surface area contributed by atoms with Gasteiger partial charge in [-0.05, 0) is 43.9 Å². The Morgan fingerprint density at radius 3 is 2.33 bits per heavy atom. The van der Waals surface area contributed by atoms with Crippen molar-refractivity contribution in [1.82, 2.24) is 24.6 Å². The molecule has 1 N–H and O–H groups in total. The highest BCUT2D eigenvalue weighted by atomic mass is 32.2. The monoisotopic (exact) mass is 705 g/mol. The van der Waals surface area contributed by atoms with Crippen molar-refractivity contribution in [2.45, 2.75) is 49.9 Å². The van der Waals surface area contributed by atoms with Crippen LogP contribution in [-0.4, -0.2) is 66.2 Å². The largest absolute Gasteiger partial charge is 0.433 e. The number of benzene rings is 2. The number of nitrogens with zero attached hydrogens (tertiary/aromatic N) is 4. The van der Waals surface area contributed by atoms with Gasteiger partial charge in [0.25, 0.3) is 16.0 Å². The number of rotatable bonds is 9. The summed E-state index contributed by atoms with van der Waals surface area (Å²) < 4.78 is 98.4. The van der Waals surface area contributed by atoms with E-state index in [0.717, 1.165) is 27.7 Å². The number of amides is 1. The quantitative estimate of drug-likeness (QED) is 0.256. The predicted molar refractivity (Wildman–Crippen MR) is 170 cm³/mol. The van der Waals surface area contributed by atoms with Gasteiger partial charge < -0.3 is 9.88 Å². The number of sulfone groups is 1. The van der Waals surface area contributed by atoms with E-state index in [-0.39, 0.29) is 41.0 Å². The van der Waals surface area contributed by atoms with Gasteiger partial charge in [-0.15, -0.1) is 0 Å².